The minimum Gasteiger partial charge on any atom is -0.235 e. The van der Waals surface area contributed by atoms with Crippen molar-refractivity contribution in [2.75, 3.05) is 11.9 Å². The predicted molar refractivity (Wildman–Crippen MR) is 69.4 cm³/mol. The zero-order valence-electron chi connectivity index (χ0n) is 9.18. The number of hydrogen-bond acceptors (Lipinski definition) is 4. The number of hydrogen-bond donors (Lipinski definition) is 0. The molecule has 0 amide bonds. The maximum atomic E-state index is 12.5. The molecule has 0 aliphatic heterocycles. The Morgan fingerprint density at radius 1 is 1.53 bits per heavy atom. The Morgan fingerprint density at radius 3 is 2.59 bits per heavy atom. The summed E-state index contributed by atoms with van der Waals surface area (Å²) in [5, 5.41) is 8.16. The van der Waals surface area contributed by atoms with Crippen LogP contribution in [0.1, 0.15) is 12.8 Å². The number of halogens is 2. The standard InChI is InChI=1S/C8H12Br2N4O2S/c1-13-8(7(10)11-12-13)17(15,16)14(5-4-9)6-2-3-6/h6H,2-5H2,1H3. The van der Waals surface area contributed by atoms with Gasteiger partial charge in [0.1, 0.15) is 0 Å². The highest BCUT2D eigenvalue weighted by atomic mass is 79.9. The first kappa shape index (κ1) is 13.4. The molecule has 0 N–H and O–H groups in total. The van der Waals surface area contributed by atoms with Gasteiger partial charge in [-0.25, -0.2) is 13.1 Å². The van der Waals surface area contributed by atoms with E-state index < -0.39 is 10.0 Å². The molecular formula is C8H12Br2N4O2S. The van der Waals surface area contributed by atoms with Crippen LogP contribution >= 0.6 is 31.9 Å². The zero-order chi connectivity index (χ0) is 12.6. The molecule has 0 radical (unpaired) electrons. The molecule has 6 nitrogen and oxygen atoms in total. The van der Waals surface area contributed by atoms with Crippen LogP contribution in [0.15, 0.2) is 9.63 Å². The first-order valence-corrected chi connectivity index (χ1v) is 8.47. The Kier molecular flexibility index (Phi) is 3.91. The van der Waals surface area contributed by atoms with Gasteiger partial charge in [0, 0.05) is 25.0 Å². The summed E-state index contributed by atoms with van der Waals surface area (Å²) in [4.78, 5) is 0. The van der Waals surface area contributed by atoms with Crippen molar-refractivity contribution in [1.82, 2.24) is 19.3 Å². The van der Waals surface area contributed by atoms with E-state index in [0.717, 1.165) is 12.8 Å². The van der Waals surface area contributed by atoms with Crippen molar-refractivity contribution >= 4 is 41.9 Å². The molecule has 0 saturated heterocycles. The van der Waals surface area contributed by atoms with Crippen LogP contribution in [0.4, 0.5) is 0 Å². The molecular weight excluding hydrogens is 376 g/mol. The van der Waals surface area contributed by atoms with Crippen molar-refractivity contribution in [3.05, 3.63) is 4.60 Å². The van der Waals surface area contributed by atoms with Crippen molar-refractivity contribution in [2.45, 2.75) is 23.9 Å². The SMILES string of the molecule is Cn1nnc(Br)c1S(=O)(=O)N(CCBr)C1CC1. The Balaban J connectivity index is 2.40. The lowest BCUT2D eigenvalue weighted by atomic mass is 10.6. The van der Waals surface area contributed by atoms with Gasteiger partial charge >= 0.3 is 0 Å². The lowest BCUT2D eigenvalue weighted by Crippen LogP contribution is -2.36. The fraction of sp³-hybridized carbons (Fsp3) is 0.750. The average Bonchev–Trinajstić information content (AvgIpc) is 3.01. The molecule has 1 fully saturated rings. The summed E-state index contributed by atoms with van der Waals surface area (Å²) >= 11 is 6.41. The number of nitrogens with zero attached hydrogens (tertiary/aromatic N) is 4. The van der Waals surface area contributed by atoms with Gasteiger partial charge in [-0.15, -0.1) is 5.10 Å². The molecule has 0 atom stereocenters. The topological polar surface area (TPSA) is 68.1 Å². The van der Waals surface area contributed by atoms with E-state index in [0.29, 0.717) is 11.9 Å². The summed E-state index contributed by atoms with van der Waals surface area (Å²) in [6.45, 7) is 0.463. The Morgan fingerprint density at radius 2 is 2.18 bits per heavy atom. The van der Waals surface area contributed by atoms with Crippen molar-refractivity contribution in [3.8, 4) is 0 Å². The summed E-state index contributed by atoms with van der Waals surface area (Å²) in [6, 6.07) is 0.124. The van der Waals surface area contributed by atoms with Gasteiger partial charge in [0.05, 0.1) is 0 Å². The van der Waals surface area contributed by atoms with Crippen LogP contribution in [-0.2, 0) is 17.1 Å². The minimum atomic E-state index is -3.52. The quantitative estimate of drug-likeness (QED) is 0.710. The van der Waals surface area contributed by atoms with Crippen LogP contribution in [0, 0.1) is 0 Å². The normalized spacial score (nSPS) is 16.7. The van der Waals surface area contributed by atoms with E-state index in [1.54, 1.807) is 7.05 Å². The summed E-state index contributed by atoms with van der Waals surface area (Å²) in [5.74, 6) is 0. The molecule has 2 rings (SSSR count). The fourth-order valence-corrected chi connectivity index (χ4v) is 4.99. The van der Waals surface area contributed by atoms with E-state index >= 15 is 0 Å². The molecule has 96 valence electrons. The smallest absolute Gasteiger partial charge is 0.235 e. The number of alkyl halides is 1. The largest absolute Gasteiger partial charge is 0.263 e. The van der Waals surface area contributed by atoms with E-state index in [1.165, 1.54) is 8.99 Å². The molecule has 0 aromatic carbocycles. The maximum Gasteiger partial charge on any atom is 0.263 e. The molecule has 1 saturated carbocycles. The third-order valence-electron chi connectivity index (χ3n) is 2.55. The highest BCUT2D eigenvalue weighted by Gasteiger charge is 2.40. The molecule has 1 aromatic rings. The summed E-state index contributed by atoms with van der Waals surface area (Å²) in [6.07, 6.45) is 1.85. The maximum absolute atomic E-state index is 12.5. The van der Waals surface area contributed by atoms with E-state index in [9.17, 15) is 8.42 Å². The molecule has 1 aromatic heterocycles. The second-order valence-electron chi connectivity index (χ2n) is 3.84. The molecule has 9 heteroatoms. The van der Waals surface area contributed by atoms with Crippen molar-refractivity contribution in [2.24, 2.45) is 7.05 Å². The Labute approximate surface area is 117 Å². The molecule has 1 aliphatic carbocycles. The monoisotopic (exact) mass is 386 g/mol. The number of aryl methyl sites for hydroxylation is 1. The van der Waals surface area contributed by atoms with Crippen LogP contribution in [0.25, 0.3) is 0 Å². The van der Waals surface area contributed by atoms with Crippen LogP contribution in [0.5, 0.6) is 0 Å². The molecule has 0 unspecified atom stereocenters. The first-order chi connectivity index (χ1) is 7.98. The molecule has 1 heterocycles. The van der Waals surface area contributed by atoms with Gasteiger partial charge in [0.25, 0.3) is 10.0 Å². The predicted octanol–water partition coefficient (Wildman–Crippen LogP) is 1.13. The lowest BCUT2D eigenvalue weighted by molar-refractivity contribution is 0.417. The van der Waals surface area contributed by atoms with Gasteiger partial charge in [0.2, 0.25) is 5.03 Å². The van der Waals surface area contributed by atoms with E-state index in [1.807, 2.05) is 0 Å². The van der Waals surface area contributed by atoms with Gasteiger partial charge in [-0.2, -0.15) is 4.31 Å². The number of sulfonamides is 1. The van der Waals surface area contributed by atoms with E-state index in [2.05, 4.69) is 42.2 Å². The van der Waals surface area contributed by atoms with E-state index in [4.69, 9.17) is 0 Å². The average molecular weight is 388 g/mol. The summed E-state index contributed by atoms with van der Waals surface area (Å²) in [7, 11) is -1.95. The zero-order valence-corrected chi connectivity index (χ0v) is 13.2. The van der Waals surface area contributed by atoms with Crippen molar-refractivity contribution in [3.63, 3.8) is 0 Å². The molecule has 0 spiro atoms. The highest BCUT2D eigenvalue weighted by Crippen LogP contribution is 2.33. The third kappa shape index (κ3) is 2.56. The second kappa shape index (κ2) is 4.94. The van der Waals surface area contributed by atoms with E-state index in [-0.39, 0.29) is 15.7 Å². The first-order valence-electron chi connectivity index (χ1n) is 5.11. The van der Waals surface area contributed by atoms with Gasteiger partial charge in [-0.1, -0.05) is 21.1 Å². The van der Waals surface area contributed by atoms with Crippen LogP contribution in [-0.4, -0.2) is 45.6 Å². The summed E-state index contributed by atoms with van der Waals surface area (Å²) < 4.78 is 28.0. The van der Waals surface area contributed by atoms with Crippen LogP contribution in [0.2, 0.25) is 0 Å². The Hall–Kier alpha value is 0.01000. The highest BCUT2D eigenvalue weighted by molar-refractivity contribution is 9.10. The third-order valence-corrected chi connectivity index (χ3v) is 5.74. The van der Waals surface area contributed by atoms with Crippen LogP contribution in [0.3, 0.4) is 0 Å². The van der Waals surface area contributed by atoms with Crippen molar-refractivity contribution in [1.29, 1.82) is 0 Å². The van der Waals surface area contributed by atoms with Gasteiger partial charge in [-0.3, -0.25) is 0 Å². The van der Waals surface area contributed by atoms with Gasteiger partial charge in [-0.05, 0) is 28.8 Å². The second-order valence-corrected chi connectivity index (χ2v) is 7.19. The molecule has 0 bridgehead atoms. The summed E-state index contributed by atoms with van der Waals surface area (Å²) in [5.41, 5.74) is 0. The minimum absolute atomic E-state index is 0.116. The van der Waals surface area contributed by atoms with Gasteiger partial charge < -0.3 is 0 Å². The Bertz CT molecular complexity index is 492. The molecule has 17 heavy (non-hydrogen) atoms. The lowest BCUT2D eigenvalue weighted by Gasteiger charge is -2.20. The van der Waals surface area contributed by atoms with Crippen molar-refractivity contribution < 1.29 is 8.42 Å². The molecule has 1 aliphatic rings. The number of rotatable bonds is 5. The number of aromatic nitrogens is 3. The van der Waals surface area contributed by atoms with Gasteiger partial charge in [0.15, 0.2) is 4.60 Å². The van der Waals surface area contributed by atoms with Crippen LogP contribution < -0.4 is 0 Å². The fourth-order valence-electron chi connectivity index (χ4n) is 1.65.